The molecule has 1 aromatic carbocycles. The van der Waals surface area contributed by atoms with Gasteiger partial charge in [0.05, 0.1) is 6.54 Å². The molecule has 3 heteroatoms. The van der Waals surface area contributed by atoms with Crippen LogP contribution in [0.2, 0.25) is 0 Å². The molecule has 0 atom stereocenters. The van der Waals surface area contributed by atoms with Gasteiger partial charge in [-0.2, -0.15) is 0 Å². The third-order valence-corrected chi connectivity index (χ3v) is 4.71. The second-order valence-corrected chi connectivity index (χ2v) is 6.60. The highest BCUT2D eigenvalue weighted by Gasteiger charge is 2.04. The highest BCUT2D eigenvalue weighted by atomic mass is 79.9. The van der Waals surface area contributed by atoms with Crippen LogP contribution in [-0.2, 0) is 18.4 Å². The van der Waals surface area contributed by atoms with E-state index in [0.29, 0.717) is 0 Å². The number of rotatable bonds is 10. The number of imidazole rings is 1. The minimum Gasteiger partial charge on any atom is -0.237 e. The molecule has 0 unspecified atom stereocenters. The first-order chi connectivity index (χ1) is 10.8. The molecule has 120 valence electrons. The summed E-state index contributed by atoms with van der Waals surface area (Å²) in [4.78, 5) is 0. The van der Waals surface area contributed by atoms with Gasteiger partial charge in [0.15, 0.2) is 0 Å². The molecule has 1 aromatic heterocycles. The van der Waals surface area contributed by atoms with Crippen LogP contribution in [0.4, 0.5) is 0 Å². The van der Waals surface area contributed by atoms with Gasteiger partial charge in [0.25, 0.3) is 0 Å². The van der Waals surface area contributed by atoms with E-state index in [0.717, 1.165) is 18.4 Å². The van der Waals surface area contributed by atoms with E-state index < -0.39 is 0 Å². The standard InChI is InChI=1S/C19H28BrN2/c1-2-3-4-5-6-7-12-21-13-14-22(17-21)16-19-10-8-18(15-20)9-11-19/h8-11,13-14,17H,2-7,12,15-16H2,1H3/q+1. The summed E-state index contributed by atoms with van der Waals surface area (Å²) >= 11 is 3.49. The quantitative estimate of drug-likeness (QED) is 0.316. The van der Waals surface area contributed by atoms with Crippen LogP contribution in [0.1, 0.15) is 56.6 Å². The zero-order valence-corrected chi connectivity index (χ0v) is 15.3. The number of hydrogen-bond donors (Lipinski definition) is 0. The number of benzene rings is 1. The molecule has 0 N–H and O–H groups in total. The molecule has 0 aliphatic heterocycles. The number of nitrogens with zero attached hydrogens (tertiary/aromatic N) is 2. The molecule has 0 aliphatic carbocycles. The first-order valence-corrected chi connectivity index (χ1v) is 9.62. The van der Waals surface area contributed by atoms with Crippen molar-refractivity contribution in [3.8, 4) is 0 Å². The topological polar surface area (TPSA) is 8.81 Å². The summed E-state index contributed by atoms with van der Waals surface area (Å²) in [6.07, 6.45) is 14.7. The second-order valence-electron chi connectivity index (χ2n) is 6.04. The molecule has 0 fully saturated rings. The summed E-state index contributed by atoms with van der Waals surface area (Å²) in [6.45, 7) is 4.36. The molecule has 2 aromatic rings. The van der Waals surface area contributed by atoms with Gasteiger partial charge in [-0.15, -0.1) is 0 Å². The highest BCUT2D eigenvalue weighted by molar-refractivity contribution is 9.08. The van der Waals surface area contributed by atoms with Crippen LogP contribution in [0.15, 0.2) is 43.0 Å². The maximum absolute atomic E-state index is 3.49. The maximum Gasteiger partial charge on any atom is 0.244 e. The fourth-order valence-corrected chi connectivity index (χ4v) is 3.06. The number of unbranched alkanes of at least 4 members (excludes halogenated alkanes) is 5. The van der Waals surface area contributed by atoms with E-state index in [4.69, 9.17) is 0 Å². The molecular formula is C19H28BrN2+. The lowest BCUT2D eigenvalue weighted by Gasteiger charge is -2.00. The Balaban J connectivity index is 1.73. The third-order valence-electron chi connectivity index (χ3n) is 4.06. The summed E-state index contributed by atoms with van der Waals surface area (Å²) < 4.78 is 4.58. The average Bonchev–Trinajstić information content (AvgIpc) is 2.99. The van der Waals surface area contributed by atoms with Crippen molar-refractivity contribution in [1.29, 1.82) is 0 Å². The smallest absolute Gasteiger partial charge is 0.237 e. The van der Waals surface area contributed by atoms with Crippen LogP contribution in [0, 0.1) is 0 Å². The predicted molar refractivity (Wildman–Crippen MR) is 96.2 cm³/mol. The fraction of sp³-hybridized carbons (Fsp3) is 0.526. The van der Waals surface area contributed by atoms with Crippen molar-refractivity contribution in [2.75, 3.05) is 0 Å². The molecule has 1 heterocycles. The Hall–Kier alpha value is -1.09. The summed E-state index contributed by atoms with van der Waals surface area (Å²) in [7, 11) is 0. The van der Waals surface area contributed by atoms with E-state index >= 15 is 0 Å². The minimum atomic E-state index is 0.926. The van der Waals surface area contributed by atoms with E-state index in [1.807, 2.05) is 0 Å². The van der Waals surface area contributed by atoms with E-state index in [1.165, 1.54) is 49.7 Å². The molecule has 2 nitrogen and oxygen atoms in total. The van der Waals surface area contributed by atoms with Crippen molar-refractivity contribution in [1.82, 2.24) is 4.57 Å². The van der Waals surface area contributed by atoms with Gasteiger partial charge in [-0.05, 0) is 24.0 Å². The van der Waals surface area contributed by atoms with E-state index in [9.17, 15) is 0 Å². The number of halogens is 1. The minimum absolute atomic E-state index is 0.926. The van der Waals surface area contributed by atoms with Crippen LogP contribution in [-0.4, -0.2) is 4.57 Å². The second kappa shape index (κ2) is 9.83. The lowest BCUT2D eigenvalue weighted by Crippen LogP contribution is -2.31. The van der Waals surface area contributed by atoms with Crippen molar-refractivity contribution in [3.05, 3.63) is 54.1 Å². The summed E-state index contributed by atoms with van der Waals surface area (Å²) in [5, 5.41) is 0.926. The lowest BCUT2D eigenvalue weighted by atomic mass is 10.1. The van der Waals surface area contributed by atoms with Gasteiger partial charge in [-0.25, -0.2) is 9.13 Å². The Morgan fingerprint density at radius 1 is 0.955 bits per heavy atom. The first kappa shape index (κ1) is 17.3. The largest absolute Gasteiger partial charge is 0.244 e. The van der Waals surface area contributed by atoms with Crippen LogP contribution in [0.25, 0.3) is 0 Å². The molecule has 0 spiro atoms. The maximum atomic E-state index is 3.49. The van der Waals surface area contributed by atoms with Gasteiger partial charge < -0.3 is 0 Å². The van der Waals surface area contributed by atoms with Gasteiger partial charge in [-0.3, -0.25) is 0 Å². The fourth-order valence-electron chi connectivity index (χ4n) is 2.68. The Kier molecular flexibility index (Phi) is 7.72. The average molecular weight is 364 g/mol. The summed E-state index contributed by atoms with van der Waals surface area (Å²) in [6, 6.07) is 8.82. The molecule has 2 rings (SSSR count). The Labute approximate surface area is 143 Å². The molecule has 22 heavy (non-hydrogen) atoms. The third kappa shape index (κ3) is 5.96. The van der Waals surface area contributed by atoms with Crippen molar-refractivity contribution in [2.24, 2.45) is 0 Å². The predicted octanol–water partition coefficient (Wildman–Crippen LogP) is 5.08. The van der Waals surface area contributed by atoms with Crippen LogP contribution < -0.4 is 4.57 Å². The Bertz CT molecular complexity index is 531. The number of alkyl halides is 1. The van der Waals surface area contributed by atoms with E-state index in [2.05, 4.69) is 75.0 Å². The molecule has 0 radical (unpaired) electrons. The number of hydrogen-bond acceptors (Lipinski definition) is 0. The van der Waals surface area contributed by atoms with E-state index in [-0.39, 0.29) is 0 Å². The molecular weight excluding hydrogens is 336 g/mol. The zero-order chi connectivity index (χ0) is 15.6. The number of aryl methyl sites for hydroxylation is 1. The van der Waals surface area contributed by atoms with Crippen LogP contribution in [0.3, 0.4) is 0 Å². The molecule has 0 bridgehead atoms. The summed E-state index contributed by atoms with van der Waals surface area (Å²) in [5.74, 6) is 0. The summed E-state index contributed by atoms with van der Waals surface area (Å²) in [5.41, 5.74) is 2.68. The first-order valence-electron chi connectivity index (χ1n) is 8.50. The normalized spacial score (nSPS) is 11.0. The van der Waals surface area contributed by atoms with Crippen LogP contribution in [0.5, 0.6) is 0 Å². The van der Waals surface area contributed by atoms with Crippen molar-refractivity contribution >= 4 is 15.9 Å². The van der Waals surface area contributed by atoms with E-state index in [1.54, 1.807) is 0 Å². The molecule has 0 saturated heterocycles. The molecule has 0 saturated carbocycles. The van der Waals surface area contributed by atoms with Gasteiger partial charge in [0.2, 0.25) is 6.33 Å². The van der Waals surface area contributed by atoms with Gasteiger partial charge >= 0.3 is 0 Å². The van der Waals surface area contributed by atoms with Gasteiger partial charge in [-0.1, -0.05) is 72.8 Å². The molecule has 0 aliphatic rings. The van der Waals surface area contributed by atoms with Crippen molar-refractivity contribution in [3.63, 3.8) is 0 Å². The van der Waals surface area contributed by atoms with Crippen molar-refractivity contribution < 1.29 is 4.57 Å². The molecule has 0 amide bonds. The zero-order valence-electron chi connectivity index (χ0n) is 13.7. The monoisotopic (exact) mass is 363 g/mol. The van der Waals surface area contributed by atoms with Crippen molar-refractivity contribution in [2.45, 2.75) is 63.9 Å². The van der Waals surface area contributed by atoms with Crippen LogP contribution >= 0.6 is 15.9 Å². The van der Waals surface area contributed by atoms with Gasteiger partial charge in [0.1, 0.15) is 18.9 Å². The Morgan fingerprint density at radius 3 is 2.36 bits per heavy atom. The SMILES string of the molecule is CCCCCCCCn1cc[n+](Cc2ccc(CBr)cc2)c1. The van der Waals surface area contributed by atoms with Gasteiger partial charge in [0, 0.05) is 5.33 Å². The lowest BCUT2D eigenvalue weighted by molar-refractivity contribution is -0.687. The number of aromatic nitrogens is 2. The Morgan fingerprint density at radius 2 is 1.64 bits per heavy atom. The highest BCUT2D eigenvalue weighted by Crippen LogP contribution is 2.08.